The number of aryl methyl sites for hydroxylation is 1. The standard InChI is InChI=1S/C10H14IN/c11-10-7-2-1-5-9(10)6-3-4-8-12/h1-2,5,7H,3-4,6,8,12H2. The Balaban J connectivity index is 2.46. The predicted octanol–water partition coefficient (Wildman–Crippen LogP) is 2.57. The lowest BCUT2D eigenvalue weighted by Crippen LogP contribution is -1.99. The Labute approximate surface area is 87.5 Å². The molecule has 0 aromatic heterocycles. The van der Waals surface area contributed by atoms with Crippen molar-refractivity contribution in [3.63, 3.8) is 0 Å². The van der Waals surface area contributed by atoms with E-state index in [-0.39, 0.29) is 0 Å². The lowest BCUT2D eigenvalue weighted by molar-refractivity contribution is 0.743. The topological polar surface area (TPSA) is 26.0 Å². The molecule has 0 unspecified atom stereocenters. The maximum absolute atomic E-state index is 5.43. The highest BCUT2D eigenvalue weighted by atomic mass is 127. The van der Waals surface area contributed by atoms with Crippen LogP contribution in [0.1, 0.15) is 18.4 Å². The average molecular weight is 275 g/mol. The smallest absolute Gasteiger partial charge is 0.0162 e. The predicted molar refractivity (Wildman–Crippen MR) is 61.2 cm³/mol. The van der Waals surface area contributed by atoms with Crippen molar-refractivity contribution in [1.82, 2.24) is 0 Å². The Hall–Kier alpha value is -0.0900. The van der Waals surface area contributed by atoms with Crippen molar-refractivity contribution in [2.45, 2.75) is 19.3 Å². The second-order valence-corrected chi connectivity index (χ2v) is 4.00. The van der Waals surface area contributed by atoms with Gasteiger partial charge < -0.3 is 5.73 Å². The minimum Gasteiger partial charge on any atom is -0.330 e. The van der Waals surface area contributed by atoms with Crippen LogP contribution in [0.15, 0.2) is 24.3 Å². The Morgan fingerprint density at radius 3 is 2.58 bits per heavy atom. The van der Waals surface area contributed by atoms with Crippen LogP contribution in [-0.4, -0.2) is 6.54 Å². The third-order valence-corrected chi connectivity index (χ3v) is 2.91. The fourth-order valence-corrected chi connectivity index (χ4v) is 1.82. The first-order valence-electron chi connectivity index (χ1n) is 4.28. The van der Waals surface area contributed by atoms with Crippen molar-refractivity contribution < 1.29 is 0 Å². The van der Waals surface area contributed by atoms with Crippen molar-refractivity contribution in [3.05, 3.63) is 33.4 Å². The monoisotopic (exact) mass is 275 g/mol. The number of benzene rings is 1. The van der Waals surface area contributed by atoms with E-state index in [1.807, 2.05) is 0 Å². The van der Waals surface area contributed by atoms with Crippen LogP contribution in [0, 0.1) is 3.57 Å². The van der Waals surface area contributed by atoms with Crippen LogP contribution in [0.4, 0.5) is 0 Å². The van der Waals surface area contributed by atoms with E-state index >= 15 is 0 Å². The molecule has 12 heavy (non-hydrogen) atoms. The van der Waals surface area contributed by atoms with Crippen LogP contribution in [0.2, 0.25) is 0 Å². The minimum absolute atomic E-state index is 0.809. The van der Waals surface area contributed by atoms with Crippen molar-refractivity contribution in [1.29, 1.82) is 0 Å². The molecule has 0 radical (unpaired) electrons. The van der Waals surface area contributed by atoms with Gasteiger partial charge in [-0.2, -0.15) is 0 Å². The van der Waals surface area contributed by atoms with E-state index in [9.17, 15) is 0 Å². The quantitative estimate of drug-likeness (QED) is 0.663. The molecule has 1 rings (SSSR count). The molecule has 1 aromatic rings. The van der Waals surface area contributed by atoms with Gasteiger partial charge in [0.2, 0.25) is 0 Å². The van der Waals surface area contributed by atoms with Gasteiger partial charge in [-0.25, -0.2) is 0 Å². The maximum Gasteiger partial charge on any atom is 0.0162 e. The van der Waals surface area contributed by atoms with E-state index in [0.29, 0.717) is 0 Å². The third kappa shape index (κ3) is 3.11. The Morgan fingerprint density at radius 2 is 1.92 bits per heavy atom. The molecule has 2 N–H and O–H groups in total. The number of rotatable bonds is 4. The first kappa shape index (κ1) is 9.99. The number of unbranched alkanes of at least 4 members (excludes halogenated alkanes) is 1. The molecule has 0 saturated carbocycles. The Kier molecular flexibility index (Phi) is 4.61. The van der Waals surface area contributed by atoms with Gasteiger partial charge in [-0.1, -0.05) is 18.2 Å². The molecule has 1 aromatic carbocycles. The molecule has 2 heteroatoms. The summed E-state index contributed by atoms with van der Waals surface area (Å²) in [5.41, 5.74) is 6.88. The summed E-state index contributed by atoms with van der Waals surface area (Å²) in [6.45, 7) is 0.809. The maximum atomic E-state index is 5.43. The van der Waals surface area contributed by atoms with E-state index in [2.05, 4.69) is 46.9 Å². The van der Waals surface area contributed by atoms with Gasteiger partial charge in [0.1, 0.15) is 0 Å². The lowest BCUT2D eigenvalue weighted by Gasteiger charge is -2.02. The normalized spacial score (nSPS) is 10.2. The third-order valence-electron chi connectivity index (χ3n) is 1.86. The van der Waals surface area contributed by atoms with E-state index in [0.717, 1.165) is 19.4 Å². The average Bonchev–Trinajstić information content (AvgIpc) is 2.09. The lowest BCUT2D eigenvalue weighted by atomic mass is 10.1. The molecule has 1 nitrogen and oxygen atoms in total. The van der Waals surface area contributed by atoms with Crippen molar-refractivity contribution in [2.75, 3.05) is 6.54 Å². The second-order valence-electron chi connectivity index (χ2n) is 2.84. The van der Waals surface area contributed by atoms with Crippen LogP contribution >= 0.6 is 22.6 Å². The Morgan fingerprint density at radius 1 is 1.17 bits per heavy atom. The zero-order valence-corrected chi connectivity index (χ0v) is 9.25. The molecule has 0 aliphatic carbocycles. The van der Waals surface area contributed by atoms with Gasteiger partial charge >= 0.3 is 0 Å². The summed E-state index contributed by atoms with van der Waals surface area (Å²) >= 11 is 2.38. The SMILES string of the molecule is NCCCCc1ccccc1I. The van der Waals surface area contributed by atoms with E-state index in [1.54, 1.807) is 0 Å². The largest absolute Gasteiger partial charge is 0.330 e. The molecular formula is C10H14IN. The van der Waals surface area contributed by atoms with Gasteiger partial charge in [-0.15, -0.1) is 0 Å². The summed E-state index contributed by atoms with van der Waals surface area (Å²) in [5, 5.41) is 0. The van der Waals surface area contributed by atoms with Gasteiger partial charge in [0.25, 0.3) is 0 Å². The number of hydrogen-bond donors (Lipinski definition) is 1. The zero-order valence-electron chi connectivity index (χ0n) is 7.09. The second kappa shape index (κ2) is 5.54. The van der Waals surface area contributed by atoms with Gasteiger partial charge in [-0.3, -0.25) is 0 Å². The summed E-state index contributed by atoms with van der Waals surface area (Å²) in [4.78, 5) is 0. The zero-order chi connectivity index (χ0) is 8.81. The number of nitrogens with two attached hydrogens (primary N) is 1. The van der Waals surface area contributed by atoms with Gasteiger partial charge in [0.05, 0.1) is 0 Å². The van der Waals surface area contributed by atoms with Crippen LogP contribution in [0.3, 0.4) is 0 Å². The van der Waals surface area contributed by atoms with E-state index in [1.165, 1.54) is 15.6 Å². The highest BCUT2D eigenvalue weighted by Gasteiger charge is 1.96. The molecule has 0 bridgehead atoms. The molecular weight excluding hydrogens is 261 g/mol. The summed E-state index contributed by atoms with van der Waals surface area (Å²) < 4.78 is 1.37. The number of halogens is 1. The van der Waals surface area contributed by atoms with Crippen LogP contribution in [0.5, 0.6) is 0 Å². The Bertz CT molecular complexity index is 235. The first-order chi connectivity index (χ1) is 5.84. The summed E-state index contributed by atoms with van der Waals surface area (Å²) in [6.07, 6.45) is 3.50. The highest BCUT2D eigenvalue weighted by molar-refractivity contribution is 14.1. The molecule has 0 spiro atoms. The number of hydrogen-bond acceptors (Lipinski definition) is 1. The molecule has 66 valence electrons. The molecule has 0 atom stereocenters. The van der Waals surface area contributed by atoms with Crippen LogP contribution < -0.4 is 5.73 Å². The molecule has 0 saturated heterocycles. The van der Waals surface area contributed by atoms with Crippen molar-refractivity contribution in [3.8, 4) is 0 Å². The summed E-state index contributed by atoms with van der Waals surface area (Å²) in [7, 11) is 0. The van der Waals surface area contributed by atoms with E-state index in [4.69, 9.17) is 5.73 Å². The van der Waals surface area contributed by atoms with Crippen molar-refractivity contribution >= 4 is 22.6 Å². The van der Waals surface area contributed by atoms with Crippen molar-refractivity contribution in [2.24, 2.45) is 5.73 Å². The summed E-state index contributed by atoms with van der Waals surface area (Å²) in [5.74, 6) is 0. The van der Waals surface area contributed by atoms with Crippen LogP contribution in [0.25, 0.3) is 0 Å². The van der Waals surface area contributed by atoms with Gasteiger partial charge in [-0.05, 0) is 60.0 Å². The molecule has 0 amide bonds. The fraction of sp³-hybridized carbons (Fsp3) is 0.400. The van der Waals surface area contributed by atoms with Gasteiger partial charge in [0.15, 0.2) is 0 Å². The molecule has 0 aliphatic heterocycles. The molecule has 0 aliphatic rings. The fourth-order valence-electron chi connectivity index (χ4n) is 1.16. The first-order valence-corrected chi connectivity index (χ1v) is 5.36. The van der Waals surface area contributed by atoms with Crippen LogP contribution in [-0.2, 0) is 6.42 Å². The molecule has 0 fully saturated rings. The van der Waals surface area contributed by atoms with Gasteiger partial charge in [0, 0.05) is 3.57 Å². The highest BCUT2D eigenvalue weighted by Crippen LogP contribution is 2.13. The minimum atomic E-state index is 0.809. The van der Waals surface area contributed by atoms with E-state index < -0.39 is 0 Å². The molecule has 0 heterocycles. The summed E-state index contributed by atoms with van der Waals surface area (Å²) in [6, 6.07) is 8.52.